The van der Waals surface area contributed by atoms with E-state index in [0.717, 1.165) is 30.2 Å². The average Bonchev–Trinajstić information content (AvgIpc) is 2.36. The number of aromatic nitrogens is 1. The number of rotatable bonds is 1. The van der Waals surface area contributed by atoms with Crippen molar-refractivity contribution in [1.29, 1.82) is 0 Å². The summed E-state index contributed by atoms with van der Waals surface area (Å²) >= 11 is 0. The standard InChI is InChI=1S/C14H23N3/c1-10-5-6-12-13(16-10)17-11(7-8-15-12)9-14(2,3)4/h5-6,11,15H,7-9H2,1-4H3,(H,16,17). The van der Waals surface area contributed by atoms with Crippen molar-refractivity contribution >= 4 is 11.5 Å². The molecular formula is C14H23N3. The number of aryl methyl sites for hydroxylation is 1. The Balaban J connectivity index is 2.16. The zero-order valence-electron chi connectivity index (χ0n) is 11.3. The van der Waals surface area contributed by atoms with E-state index in [4.69, 9.17) is 0 Å². The van der Waals surface area contributed by atoms with Gasteiger partial charge in [0.2, 0.25) is 0 Å². The molecule has 1 aliphatic rings. The molecule has 3 heteroatoms. The van der Waals surface area contributed by atoms with Gasteiger partial charge in [0.1, 0.15) is 5.82 Å². The number of fused-ring (bicyclic) bond motifs is 1. The van der Waals surface area contributed by atoms with Crippen LogP contribution in [0.5, 0.6) is 0 Å². The molecule has 1 unspecified atom stereocenters. The van der Waals surface area contributed by atoms with Crippen LogP contribution in [0.25, 0.3) is 0 Å². The predicted molar refractivity (Wildman–Crippen MR) is 73.6 cm³/mol. The van der Waals surface area contributed by atoms with Gasteiger partial charge in [0.15, 0.2) is 0 Å². The third-order valence-corrected chi connectivity index (χ3v) is 3.04. The molecule has 0 fully saturated rings. The highest BCUT2D eigenvalue weighted by molar-refractivity contribution is 5.65. The van der Waals surface area contributed by atoms with Crippen LogP contribution >= 0.6 is 0 Å². The van der Waals surface area contributed by atoms with Gasteiger partial charge in [-0.05, 0) is 37.3 Å². The zero-order valence-corrected chi connectivity index (χ0v) is 11.3. The second kappa shape index (κ2) is 4.55. The highest BCUT2D eigenvalue weighted by Gasteiger charge is 2.21. The van der Waals surface area contributed by atoms with Gasteiger partial charge < -0.3 is 10.6 Å². The van der Waals surface area contributed by atoms with E-state index >= 15 is 0 Å². The number of nitrogens with one attached hydrogen (secondary N) is 2. The van der Waals surface area contributed by atoms with Crippen LogP contribution in [0.3, 0.4) is 0 Å². The van der Waals surface area contributed by atoms with E-state index in [2.05, 4.69) is 48.5 Å². The predicted octanol–water partition coefficient (Wildman–Crippen LogP) is 3.42. The lowest BCUT2D eigenvalue weighted by molar-refractivity contribution is 0.345. The number of pyridine rings is 1. The number of hydrogen-bond donors (Lipinski definition) is 2. The van der Waals surface area contributed by atoms with Crippen LogP contribution in [0, 0.1) is 12.3 Å². The summed E-state index contributed by atoms with van der Waals surface area (Å²) in [6, 6.07) is 4.68. The SMILES string of the molecule is Cc1ccc2c(n1)NC(CC(C)(C)C)CCN2. The summed E-state index contributed by atoms with van der Waals surface area (Å²) in [5.41, 5.74) is 2.55. The van der Waals surface area contributed by atoms with E-state index in [1.165, 1.54) is 6.42 Å². The minimum Gasteiger partial charge on any atom is -0.382 e. The van der Waals surface area contributed by atoms with Gasteiger partial charge in [-0.3, -0.25) is 0 Å². The molecule has 1 aromatic heterocycles. The van der Waals surface area contributed by atoms with Crippen LogP contribution < -0.4 is 10.6 Å². The number of hydrogen-bond acceptors (Lipinski definition) is 3. The molecule has 0 saturated carbocycles. The Kier molecular flexibility index (Phi) is 3.27. The molecule has 2 rings (SSSR count). The van der Waals surface area contributed by atoms with Crippen molar-refractivity contribution < 1.29 is 0 Å². The minimum absolute atomic E-state index is 0.353. The molecule has 1 aliphatic heterocycles. The van der Waals surface area contributed by atoms with Crippen molar-refractivity contribution in [1.82, 2.24) is 4.98 Å². The van der Waals surface area contributed by atoms with Crippen LogP contribution in [-0.2, 0) is 0 Å². The summed E-state index contributed by atoms with van der Waals surface area (Å²) in [7, 11) is 0. The van der Waals surface area contributed by atoms with E-state index in [9.17, 15) is 0 Å². The van der Waals surface area contributed by atoms with Crippen LogP contribution in [0.15, 0.2) is 12.1 Å². The highest BCUT2D eigenvalue weighted by Crippen LogP contribution is 2.29. The molecule has 0 aromatic carbocycles. The third-order valence-electron chi connectivity index (χ3n) is 3.04. The van der Waals surface area contributed by atoms with Crippen molar-refractivity contribution in [3.8, 4) is 0 Å². The Bertz CT molecular complexity index is 393. The lowest BCUT2D eigenvalue weighted by Gasteiger charge is -2.26. The van der Waals surface area contributed by atoms with Gasteiger partial charge in [0.05, 0.1) is 5.69 Å². The second-order valence-electron chi connectivity index (χ2n) is 6.17. The van der Waals surface area contributed by atoms with Crippen LogP contribution in [-0.4, -0.2) is 17.6 Å². The quantitative estimate of drug-likeness (QED) is 0.780. The van der Waals surface area contributed by atoms with Crippen LogP contribution in [0.2, 0.25) is 0 Å². The molecule has 2 N–H and O–H groups in total. The number of anilines is 2. The second-order valence-corrected chi connectivity index (χ2v) is 6.17. The zero-order chi connectivity index (χ0) is 12.5. The molecule has 0 spiro atoms. The fourth-order valence-corrected chi connectivity index (χ4v) is 2.35. The van der Waals surface area contributed by atoms with E-state index < -0.39 is 0 Å². The maximum absolute atomic E-state index is 4.58. The minimum atomic E-state index is 0.353. The molecule has 0 radical (unpaired) electrons. The van der Waals surface area contributed by atoms with E-state index in [1.807, 2.05) is 6.92 Å². The summed E-state index contributed by atoms with van der Waals surface area (Å²) in [5, 5.41) is 7.03. The van der Waals surface area contributed by atoms with Crippen molar-refractivity contribution in [2.45, 2.75) is 46.6 Å². The normalized spacial score (nSPS) is 19.9. The molecule has 0 saturated heterocycles. The number of nitrogens with zero attached hydrogens (tertiary/aromatic N) is 1. The fourth-order valence-electron chi connectivity index (χ4n) is 2.35. The Labute approximate surface area is 104 Å². The third kappa shape index (κ3) is 3.35. The summed E-state index contributed by atoms with van der Waals surface area (Å²) in [4.78, 5) is 4.58. The Morgan fingerprint density at radius 2 is 2.12 bits per heavy atom. The largest absolute Gasteiger partial charge is 0.382 e. The average molecular weight is 233 g/mol. The maximum Gasteiger partial charge on any atom is 0.149 e. The summed E-state index contributed by atoms with van der Waals surface area (Å²) < 4.78 is 0. The molecule has 0 aliphatic carbocycles. The van der Waals surface area contributed by atoms with Gasteiger partial charge >= 0.3 is 0 Å². The van der Waals surface area contributed by atoms with Crippen molar-refractivity contribution in [3.05, 3.63) is 17.8 Å². The Hall–Kier alpha value is -1.25. The van der Waals surface area contributed by atoms with Gasteiger partial charge in [-0.2, -0.15) is 0 Å². The highest BCUT2D eigenvalue weighted by atomic mass is 15.1. The van der Waals surface area contributed by atoms with Gasteiger partial charge in [0, 0.05) is 18.3 Å². The molecular weight excluding hydrogens is 210 g/mol. The molecule has 3 nitrogen and oxygen atoms in total. The Morgan fingerprint density at radius 1 is 1.35 bits per heavy atom. The first kappa shape index (κ1) is 12.2. The fraction of sp³-hybridized carbons (Fsp3) is 0.643. The topological polar surface area (TPSA) is 37.0 Å². The molecule has 1 atom stereocenters. The molecule has 0 amide bonds. The summed E-state index contributed by atoms with van der Waals surface area (Å²) in [6.07, 6.45) is 2.32. The summed E-state index contributed by atoms with van der Waals surface area (Å²) in [6.45, 7) is 9.92. The lowest BCUT2D eigenvalue weighted by Crippen LogP contribution is -2.26. The molecule has 0 bridgehead atoms. The van der Waals surface area contributed by atoms with Gasteiger partial charge in [-0.25, -0.2) is 4.98 Å². The van der Waals surface area contributed by atoms with Crippen LogP contribution in [0.1, 0.15) is 39.3 Å². The molecule has 1 aromatic rings. The van der Waals surface area contributed by atoms with Crippen molar-refractivity contribution in [3.63, 3.8) is 0 Å². The van der Waals surface area contributed by atoms with Crippen molar-refractivity contribution in [2.24, 2.45) is 5.41 Å². The Morgan fingerprint density at radius 3 is 2.82 bits per heavy atom. The lowest BCUT2D eigenvalue weighted by atomic mass is 9.87. The van der Waals surface area contributed by atoms with Crippen LogP contribution in [0.4, 0.5) is 11.5 Å². The van der Waals surface area contributed by atoms with Gasteiger partial charge in [0.25, 0.3) is 0 Å². The monoisotopic (exact) mass is 233 g/mol. The molecule has 2 heterocycles. The smallest absolute Gasteiger partial charge is 0.149 e. The van der Waals surface area contributed by atoms with Gasteiger partial charge in [-0.1, -0.05) is 20.8 Å². The maximum atomic E-state index is 4.58. The molecule has 94 valence electrons. The molecule has 17 heavy (non-hydrogen) atoms. The summed E-state index contributed by atoms with van der Waals surface area (Å²) in [5.74, 6) is 1.01. The first-order valence-corrected chi connectivity index (χ1v) is 6.42. The van der Waals surface area contributed by atoms with E-state index in [1.54, 1.807) is 0 Å². The van der Waals surface area contributed by atoms with E-state index in [-0.39, 0.29) is 0 Å². The first-order chi connectivity index (χ1) is 7.94. The van der Waals surface area contributed by atoms with Crippen molar-refractivity contribution in [2.75, 3.05) is 17.2 Å². The van der Waals surface area contributed by atoms with Gasteiger partial charge in [-0.15, -0.1) is 0 Å². The first-order valence-electron chi connectivity index (χ1n) is 6.42. The van der Waals surface area contributed by atoms with E-state index in [0.29, 0.717) is 11.5 Å².